The van der Waals surface area contributed by atoms with Crippen molar-refractivity contribution >= 4 is 90.8 Å². The van der Waals surface area contributed by atoms with Crippen LogP contribution in [0.3, 0.4) is 0 Å². The van der Waals surface area contributed by atoms with E-state index in [1.165, 1.54) is 9.80 Å². The lowest BCUT2D eigenvalue weighted by Crippen LogP contribution is -2.45. The van der Waals surface area contributed by atoms with Crippen LogP contribution in [-0.2, 0) is 38.2 Å². The molecule has 2 fully saturated rings. The first-order chi connectivity index (χ1) is 28.1. The summed E-state index contributed by atoms with van der Waals surface area (Å²) in [6.45, 7) is 11.1. The quantitative estimate of drug-likeness (QED) is 0.0357. The molecule has 18 nitrogen and oxygen atoms in total. The van der Waals surface area contributed by atoms with Gasteiger partial charge in [-0.2, -0.15) is 0 Å². The number of ether oxygens (including phenoxy) is 2. The lowest BCUT2D eigenvalue weighted by atomic mass is 10.0. The van der Waals surface area contributed by atoms with Gasteiger partial charge in [-0.25, -0.2) is 9.59 Å². The molecular formula is C38H66N8O10S4. The molecule has 60 heavy (non-hydrogen) atoms. The Morgan fingerprint density at radius 3 is 1.17 bits per heavy atom. The molecular weight excluding hydrogens is 857 g/mol. The summed E-state index contributed by atoms with van der Waals surface area (Å²) in [5, 5.41) is 10.8. The zero-order valence-electron chi connectivity index (χ0n) is 35.8. The second-order valence-corrected chi connectivity index (χ2v) is 22.2. The van der Waals surface area contributed by atoms with E-state index in [2.05, 4.69) is 21.3 Å². The Morgan fingerprint density at radius 1 is 0.517 bits per heavy atom. The van der Waals surface area contributed by atoms with Crippen LogP contribution in [-0.4, -0.2) is 130 Å². The van der Waals surface area contributed by atoms with Crippen molar-refractivity contribution in [2.24, 2.45) is 23.3 Å². The summed E-state index contributed by atoms with van der Waals surface area (Å²) in [7, 11) is 6.53. The van der Waals surface area contributed by atoms with Gasteiger partial charge in [0.15, 0.2) is 0 Å². The molecule has 0 aromatic rings. The number of unbranched alkanes of at least 4 members (excludes halogenated alkanes) is 2. The molecule has 2 heterocycles. The number of nitrogens with zero attached hydrogens (tertiary/aromatic N) is 2. The van der Waals surface area contributed by atoms with E-state index in [1.54, 1.807) is 84.7 Å². The van der Waals surface area contributed by atoms with Gasteiger partial charge in [0.1, 0.15) is 11.2 Å². The molecule has 0 spiro atoms. The van der Waals surface area contributed by atoms with Crippen molar-refractivity contribution in [3.63, 3.8) is 0 Å². The maximum Gasteiger partial charge on any atom is 0.407 e. The first kappa shape index (κ1) is 52.9. The van der Waals surface area contributed by atoms with Crippen molar-refractivity contribution in [2.75, 3.05) is 52.4 Å². The molecule has 2 aliphatic heterocycles. The Kier molecular flexibility index (Phi) is 23.8. The van der Waals surface area contributed by atoms with Crippen LogP contribution in [0.25, 0.3) is 0 Å². The zero-order valence-corrected chi connectivity index (χ0v) is 39.1. The highest BCUT2D eigenvalue weighted by Gasteiger charge is 2.38. The number of hydrogen-bond acceptors (Lipinski definition) is 14. The van der Waals surface area contributed by atoms with E-state index in [1.807, 2.05) is 0 Å². The predicted molar refractivity (Wildman–Crippen MR) is 237 cm³/mol. The van der Waals surface area contributed by atoms with Gasteiger partial charge in [0, 0.05) is 78.0 Å². The number of nitrogens with two attached hydrogens (primary N) is 2. The molecule has 2 atom stereocenters. The smallest absolute Gasteiger partial charge is 0.407 e. The fourth-order valence-corrected chi connectivity index (χ4v) is 9.43. The van der Waals surface area contributed by atoms with Crippen LogP contribution in [0.4, 0.5) is 9.59 Å². The number of alkyl carbamates (subject to hydrolysis) is 2. The summed E-state index contributed by atoms with van der Waals surface area (Å²) in [5.41, 5.74) is 9.59. The van der Waals surface area contributed by atoms with E-state index in [0.29, 0.717) is 51.6 Å². The van der Waals surface area contributed by atoms with Crippen LogP contribution in [0.2, 0.25) is 0 Å². The Bertz CT molecular complexity index is 1350. The molecule has 2 rings (SSSR count). The van der Waals surface area contributed by atoms with Crippen molar-refractivity contribution in [3.05, 3.63) is 0 Å². The van der Waals surface area contributed by atoms with Crippen molar-refractivity contribution in [1.29, 1.82) is 0 Å². The molecule has 8 N–H and O–H groups in total. The molecule has 0 radical (unpaired) electrons. The topological polar surface area (TPSA) is 262 Å². The molecule has 2 aliphatic rings. The zero-order chi connectivity index (χ0) is 44.9. The number of amides is 8. The highest BCUT2D eigenvalue weighted by molar-refractivity contribution is 8.93. The van der Waals surface area contributed by atoms with E-state index >= 15 is 0 Å². The third-order valence-electron chi connectivity index (χ3n) is 8.91. The molecule has 0 aromatic heterocycles. The largest absolute Gasteiger partial charge is 0.444 e. The molecule has 0 unspecified atom stereocenters. The van der Waals surface area contributed by atoms with Gasteiger partial charge < -0.3 is 52.0 Å². The number of nitrogens with one attached hydrogen (secondary N) is 4. The standard InChI is InChI=1S/C38H66N8O10S4/c1-37(2,3)55-35(53)43-19-13-29(49)45(21-15-27(47)41-17-9-7-11-25(31(39)51)33-57-58-33)23-24-46(30(50)14-20-44-36(54)56-38(4,5)6)22-16-28(48)42-18-10-8-12-26(32(40)52)34-59-60-34/h25-26,33-34H,7-24H2,1-6H3,(H2,39,51)(H2,40,52)(H,41,47)(H,42,48)(H,43,53)(H,44,54)/t25-,26-/m0/s1. The summed E-state index contributed by atoms with van der Waals surface area (Å²) in [4.78, 5) is 103. The summed E-state index contributed by atoms with van der Waals surface area (Å²) in [6.07, 6.45) is 2.39. The monoisotopic (exact) mass is 922 g/mol. The Morgan fingerprint density at radius 2 is 0.867 bits per heavy atom. The number of carbonyl (C=O) groups excluding carboxylic acids is 8. The molecule has 0 bridgehead atoms. The third-order valence-corrected chi connectivity index (χ3v) is 13.5. The Hall–Kier alpha value is -3.24. The highest BCUT2D eigenvalue weighted by atomic mass is 33.2. The van der Waals surface area contributed by atoms with Crippen LogP contribution in [0.15, 0.2) is 0 Å². The summed E-state index contributed by atoms with van der Waals surface area (Å²) < 4.78 is 10.9. The number of primary amides is 2. The maximum atomic E-state index is 13.5. The molecule has 0 saturated carbocycles. The van der Waals surface area contributed by atoms with Crippen molar-refractivity contribution < 1.29 is 47.8 Å². The Labute approximate surface area is 369 Å². The van der Waals surface area contributed by atoms with E-state index in [4.69, 9.17) is 20.9 Å². The predicted octanol–water partition coefficient (Wildman–Crippen LogP) is 3.47. The molecule has 22 heteroatoms. The lowest BCUT2D eigenvalue weighted by molar-refractivity contribution is -0.136. The van der Waals surface area contributed by atoms with Crippen molar-refractivity contribution in [1.82, 2.24) is 31.1 Å². The van der Waals surface area contributed by atoms with Gasteiger partial charge in [-0.05, 0) is 67.2 Å². The Balaban J connectivity index is 2.01. The number of rotatable bonds is 29. The maximum absolute atomic E-state index is 13.5. The van der Waals surface area contributed by atoms with E-state index in [0.717, 1.165) is 0 Å². The van der Waals surface area contributed by atoms with Crippen LogP contribution < -0.4 is 32.7 Å². The van der Waals surface area contributed by atoms with Crippen LogP contribution in [0.5, 0.6) is 0 Å². The fourth-order valence-electron chi connectivity index (χ4n) is 5.69. The van der Waals surface area contributed by atoms with Gasteiger partial charge in [0.25, 0.3) is 0 Å². The van der Waals surface area contributed by atoms with Gasteiger partial charge in [0.05, 0.1) is 21.0 Å². The van der Waals surface area contributed by atoms with E-state index < -0.39 is 23.4 Å². The number of carbonyl (C=O) groups is 8. The SMILES string of the molecule is CC(C)(C)OC(=O)NCCC(=O)N(CCC(=O)NCCCC[C@@H](C(N)=O)C1SS1)CCN(CCC(=O)NCCCC[C@@H](C(N)=O)C1SS1)C(=O)CCNC(=O)OC(C)(C)C. The van der Waals surface area contributed by atoms with Gasteiger partial charge >= 0.3 is 12.2 Å². The van der Waals surface area contributed by atoms with Gasteiger partial charge in [0.2, 0.25) is 35.4 Å². The van der Waals surface area contributed by atoms with E-state index in [9.17, 15) is 38.4 Å². The lowest BCUT2D eigenvalue weighted by Gasteiger charge is -2.28. The van der Waals surface area contributed by atoms with Crippen LogP contribution >= 0.6 is 43.2 Å². The molecule has 8 amide bonds. The van der Waals surface area contributed by atoms with Crippen molar-refractivity contribution in [2.45, 2.75) is 126 Å². The summed E-state index contributed by atoms with van der Waals surface area (Å²) in [5.74, 6) is -2.36. The second-order valence-electron chi connectivity index (χ2n) is 16.4. The normalized spacial score (nSPS) is 14.8. The summed E-state index contributed by atoms with van der Waals surface area (Å²) >= 11 is 0. The molecule has 0 aromatic carbocycles. The average Bonchev–Trinajstić information content (AvgIpc) is 4.06. The second kappa shape index (κ2) is 27.0. The van der Waals surface area contributed by atoms with Gasteiger partial charge in [-0.3, -0.25) is 28.8 Å². The molecule has 0 aliphatic carbocycles. The van der Waals surface area contributed by atoms with E-state index in [-0.39, 0.29) is 121 Å². The van der Waals surface area contributed by atoms with Gasteiger partial charge in [-0.1, -0.05) is 56.0 Å². The van der Waals surface area contributed by atoms with Crippen molar-refractivity contribution in [3.8, 4) is 0 Å². The van der Waals surface area contributed by atoms with Gasteiger partial charge in [-0.15, -0.1) is 0 Å². The van der Waals surface area contributed by atoms with Crippen LogP contribution in [0, 0.1) is 11.8 Å². The average molecular weight is 923 g/mol. The third kappa shape index (κ3) is 24.9. The highest BCUT2D eigenvalue weighted by Crippen LogP contribution is 2.58. The minimum atomic E-state index is -0.731. The van der Waals surface area contributed by atoms with Crippen LogP contribution in [0.1, 0.15) is 106 Å². The number of hydrogen-bond donors (Lipinski definition) is 6. The molecule has 2 saturated heterocycles. The summed E-state index contributed by atoms with van der Waals surface area (Å²) in [6, 6.07) is 0. The first-order valence-corrected chi connectivity index (χ1v) is 25.0. The first-order valence-electron chi connectivity index (χ1n) is 20.4. The fraction of sp³-hybridized carbons (Fsp3) is 0.789. The minimum Gasteiger partial charge on any atom is -0.444 e. The molecule has 342 valence electrons. The minimum absolute atomic E-state index is 0.0223.